The Balaban J connectivity index is 2.38. The lowest BCUT2D eigenvalue weighted by Crippen LogP contribution is -2.50. The Hall–Kier alpha value is -0.590. The van der Waals surface area contributed by atoms with Crippen molar-refractivity contribution in [2.75, 3.05) is 0 Å². The molecule has 2 aliphatic carbocycles. The van der Waals surface area contributed by atoms with Crippen molar-refractivity contribution in [2.45, 2.75) is 47.0 Å². The van der Waals surface area contributed by atoms with Crippen molar-refractivity contribution in [3.05, 3.63) is 12.2 Å². The van der Waals surface area contributed by atoms with Crippen LogP contribution in [0, 0.1) is 22.7 Å². The molecule has 0 aromatic carbocycles. The van der Waals surface area contributed by atoms with Crippen molar-refractivity contribution in [2.24, 2.45) is 22.7 Å². The lowest BCUT2D eigenvalue weighted by Gasteiger charge is -2.52. The second-order valence-electron chi connectivity index (χ2n) is 6.47. The van der Waals surface area contributed by atoms with Gasteiger partial charge in [-0.05, 0) is 30.1 Å². The highest BCUT2D eigenvalue weighted by Gasteiger charge is 2.51. The summed E-state index contributed by atoms with van der Waals surface area (Å²) < 4.78 is 0. The predicted octanol–water partition coefficient (Wildman–Crippen LogP) is 3.59. The number of hydrogen-bond donors (Lipinski definition) is 0. The van der Waals surface area contributed by atoms with Crippen LogP contribution in [0.15, 0.2) is 12.2 Å². The maximum atomic E-state index is 12.2. The second kappa shape index (κ2) is 3.20. The third-order valence-electron chi connectivity index (χ3n) is 4.70. The number of ketones is 1. The van der Waals surface area contributed by atoms with Crippen LogP contribution >= 0.6 is 0 Å². The van der Waals surface area contributed by atoms with Crippen molar-refractivity contribution in [3.63, 3.8) is 0 Å². The van der Waals surface area contributed by atoms with Gasteiger partial charge in [0, 0.05) is 11.8 Å². The van der Waals surface area contributed by atoms with Crippen molar-refractivity contribution < 1.29 is 4.79 Å². The predicted molar refractivity (Wildman–Crippen MR) is 62.5 cm³/mol. The highest BCUT2D eigenvalue weighted by molar-refractivity contribution is 5.86. The van der Waals surface area contributed by atoms with Crippen LogP contribution in [0.25, 0.3) is 0 Å². The zero-order chi connectivity index (χ0) is 11.3. The van der Waals surface area contributed by atoms with E-state index >= 15 is 0 Å². The minimum Gasteiger partial charge on any atom is -0.299 e. The highest BCUT2D eigenvalue weighted by atomic mass is 16.1. The first kappa shape index (κ1) is 10.9. The number of allylic oxidation sites excluding steroid dienone is 2. The van der Waals surface area contributed by atoms with Gasteiger partial charge in [-0.25, -0.2) is 0 Å². The van der Waals surface area contributed by atoms with Gasteiger partial charge >= 0.3 is 0 Å². The average Bonchev–Trinajstić information content (AvgIpc) is 2.15. The number of Topliss-reactive ketones (excluding diaryl/α,β-unsaturated/α-hetero) is 1. The zero-order valence-electron chi connectivity index (χ0n) is 10.3. The van der Waals surface area contributed by atoms with Crippen molar-refractivity contribution in [3.8, 4) is 0 Å². The van der Waals surface area contributed by atoms with Gasteiger partial charge in [-0.2, -0.15) is 0 Å². The molecule has 0 saturated heterocycles. The topological polar surface area (TPSA) is 17.1 Å². The van der Waals surface area contributed by atoms with Crippen LogP contribution < -0.4 is 0 Å². The third kappa shape index (κ3) is 1.56. The SMILES string of the molecule is CC1(C)CC(=O)C(C)(C)[C@@H]2CC=CC[C@@H]21. The first-order valence-electron chi connectivity index (χ1n) is 6.04. The number of fused-ring (bicyclic) bond motifs is 1. The van der Waals surface area contributed by atoms with Gasteiger partial charge < -0.3 is 0 Å². The van der Waals surface area contributed by atoms with Crippen LogP contribution in [0.4, 0.5) is 0 Å². The maximum absolute atomic E-state index is 12.2. The van der Waals surface area contributed by atoms with Gasteiger partial charge in [0.25, 0.3) is 0 Å². The first-order valence-corrected chi connectivity index (χ1v) is 6.04. The van der Waals surface area contributed by atoms with Gasteiger partial charge in [-0.15, -0.1) is 0 Å². The summed E-state index contributed by atoms with van der Waals surface area (Å²) in [7, 11) is 0. The van der Waals surface area contributed by atoms with Crippen LogP contribution in [0.1, 0.15) is 47.0 Å². The summed E-state index contributed by atoms with van der Waals surface area (Å²) in [6.45, 7) is 8.80. The molecule has 1 saturated carbocycles. The van der Waals surface area contributed by atoms with Gasteiger partial charge in [0.05, 0.1) is 0 Å². The van der Waals surface area contributed by atoms with E-state index in [1.165, 1.54) is 0 Å². The summed E-state index contributed by atoms with van der Waals surface area (Å²) in [4.78, 5) is 12.2. The van der Waals surface area contributed by atoms with Gasteiger partial charge in [-0.1, -0.05) is 39.8 Å². The molecule has 0 aliphatic heterocycles. The summed E-state index contributed by atoms with van der Waals surface area (Å²) in [6, 6.07) is 0. The monoisotopic (exact) mass is 206 g/mol. The Morgan fingerprint density at radius 2 is 1.60 bits per heavy atom. The molecular weight excluding hydrogens is 184 g/mol. The molecule has 2 rings (SSSR count). The molecule has 2 atom stereocenters. The molecule has 0 radical (unpaired) electrons. The third-order valence-corrected chi connectivity index (χ3v) is 4.70. The van der Waals surface area contributed by atoms with Gasteiger partial charge in [0.2, 0.25) is 0 Å². The summed E-state index contributed by atoms with van der Waals surface area (Å²) in [5.74, 6) is 1.71. The molecule has 0 aromatic rings. The van der Waals surface area contributed by atoms with Gasteiger partial charge in [-0.3, -0.25) is 4.79 Å². The van der Waals surface area contributed by atoms with Gasteiger partial charge in [0.1, 0.15) is 5.78 Å². The molecule has 0 N–H and O–H groups in total. The minimum atomic E-state index is -0.106. The van der Waals surface area contributed by atoms with Crippen LogP contribution in [0.3, 0.4) is 0 Å². The lowest BCUT2D eigenvalue weighted by atomic mass is 9.51. The molecule has 0 heterocycles. The summed E-state index contributed by atoms with van der Waals surface area (Å²) in [5.41, 5.74) is 0.0903. The molecule has 0 unspecified atom stereocenters. The Morgan fingerprint density at radius 1 is 1.07 bits per heavy atom. The average molecular weight is 206 g/mol. The maximum Gasteiger partial charge on any atom is 0.139 e. The Bertz CT molecular complexity index is 309. The highest BCUT2D eigenvalue weighted by Crippen LogP contribution is 2.54. The number of carbonyl (C=O) groups is 1. The molecule has 0 aromatic heterocycles. The minimum absolute atomic E-state index is 0.106. The van der Waals surface area contributed by atoms with E-state index in [-0.39, 0.29) is 10.8 Å². The van der Waals surface area contributed by atoms with E-state index in [1.807, 2.05) is 0 Å². The fourth-order valence-corrected chi connectivity index (χ4v) is 3.45. The largest absolute Gasteiger partial charge is 0.299 e. The molecule has 0 spiro atoms. The first-order chi connectivity index (χ1) is 6.86. The van der Waals surface area contributed by atoms with E-state index in [1.54, 1.807) is 0 Å². The summed E-state index contributed by atoms with van der Waals surface area (Å²) in [6.07, 6.45) is 7.57. The standard InChI is InChI=1S/C14H22O/c1-13(2)9-12(15)14(3,4)11-8-6-5-7-10(11)13/h5-6,10-11H,7-9H2,1-4H3/t10-,11+/m0/s1. The Labute approximate surface area is 92.9 Å². The number of carbonyl (C=O) groups excluding carboxylic acids is 1. The number of hydrogen-bond acceptors (Lipinski definition) is 1. The van der Waals surface area contributed by atoms with Crippen LogP contribution in [0.5, 0.6) is 0 Å². The van der Waals surface area contributed by atoms with Gasteiger partial charge in [0.15, 0.2) is 0 Å². The van der Waals surface area contributed by atoms with E-state index < -0.39 is 0 Å². The van der Waals surface area contributed by atoms with Crippen LogP contribution in [0.2, 0.25) is 0 Å². The van der Waals surface area contributed by atoms with Crippen LogP contribution in [-0.2, 0) is 4.79 Å². The van der Waals surface area contributed by atoms with E-state index in [4.69, 9.17) is 0 Å². The van der Waals surface area contributed by atoms with Crippen molar-refractivity contribution in [1.29, 1.82) is 0 Å². The summed E-state index contributed by atoms with van der Waals surface area (Å²) in [5, 5.41) is 0. The summed E-state index contributed by atoms with van der Waals surface area (Å²) >= 11 is 0. The quantitative estimate of drug-likeness (QED) is 0.553. The molecule has 15 heavy (non-hydrogen) atoms. The molecule has 1 fully saturated rings. The molecule has 1 nitrogen and oxygen atoms in total. The number of rotatable bonds is 0. The van der Waals surface area contributed by atoms with E-state index in [9.17, 15) is 4.79 Å². The molecule has 84 valence electrons. The van der Waals surface area contributed by atoms with Crippen LogP contribution in [-0.4, -0.2) is 5.78 Å². The zero-order valence-corrected chi connectivity index (χ0v) is 10.3. The van der Waals surface area contributed by atoms with E-state index in [2.05, 4.69) is 39.8 Å². The van der Waals surface area contributed by atoms with Crippen molar-refractivity contribution >= 4 is 5.78 Å². The van der Waals surface area contributed by atoms with E-state index in [0.29, 0.717) is 17.6 Å². The fourth-order valence-electron chi connectivity index (χ4n) is 3.45. The van der Waals surface area contributed by atoms with E-state index in [0.717, 1.165) is 19.3 Å². The normalized spacial score (nSPS) is 37.5. The molecule has 0 bridgehead atoms. The molecular formula is C14H22O. The molecule has 2 aliphatic rings. The second-order valence-corrected chi connectivity index (χ2v) is 6.47. The fraction of sp³-hybridized carbons (Fsp3) is 0.786. The Morgan fingerprint density at radius 3 is 2.20 bits per heavy atom. The lowest BCUT2D eigenvalue weighted by molar-refractivity contribution is -0.143. The Kier molecular flexibility index (Phi) is 2.33. The molecule has 1 heteroatoms. The molecule has 0 amide bonds. The van der Waals surface area contributed by atoms with Crippen molar-refractivity contribution in [1.82, 2.24) is 0 Å². The smallest absolute Gasteiger partial charge is 0.139 e.